The molecular formula is C27H29N5O6. The van der Waals surface area contributed by atoms with Crippen LogP contribution in [-0.4, -0.2) is 74.9 Å². The molecule has 2 aliphatic heterocycles. The molecule has 2 saturated carbocycles. The average molecular weight is 520 g/mol. The van der Waals surface area contributed by atoms with Crippen molar-refractivity contribution in [2.75, 3.05) is 26.5 Å². The number of likely N-dealkylation sites (tertiary alicyclic amines) is 1. The smallest absolute Gasteiger partial charge is 0.255 e. The van der Waals surface area contributed by atoms with Crippen LogP contribution in [0.25, 0.3) is 22.3 Å². The van der Waals surface area contributed by atoms with Crippen LogP contribution in [0.4, 0.5) is 0 Å². The standard InChI is InChI=1S/C27H29N5O6/c33-25(31-16-5-9-32(10-6-16)26(34)27(35)7-8-27)17-11-28-23-21(17)29-13-30-22(23)20-18(36-12-15-1-2-15)3-4-19-24(20)38-14-37-19/h3-4,11,13,15-16,28,35H,1-2,5-10,12,14H2,(H,31,33). The Kier molecular flexibility index (Phi) is 5.43. The van der Waals surface area contributed by atoms with E-state index in [0.29, 0.717) is 96.4 Å². The van der Waals surface area contributed by atoms with E-state index in [9.17, 15) is 14.7 Å². The van der Waals surface area contributed by atoms with Crippen molar-refractivity contribution in [2.24, 2.45) is 5.92 Å². The van der Waals surface area contributed by atoms with Gasteiger partial charge in [0.25, 0.3) is 11.8 Å². The predicted molar refractivity (Wildman–Crippen MR) is 135 cm³/mol. The summed E-state index contributed by atoms with van der Waals surface area (Å²) in [5, 5.41) is 13.2. The third-order valence-corrected chi connectivity index (χ3v) is 7.86. The number of aromatic nitrogens is 3. The number of aliphatic hydroxyl groups is 1. The molecule has 0 radical (unpaired) electrons. The molecule has 7 rings (SSSR count). The fraction of sp³-hybridized carbons (Fsp3) is 0.481. The van der Waals surface area contributed by atoms with Crippen LogP contribution in [-0.2, 0) is 4.79 Å². The van der Waals surface area contributed by atoms with Crippen LogP contribution in [0, 0.1) is 5.92 Å². The highest BCUT2D eigenvalue weighted by Gasteiger charge is 2.50. The molecule has 4 heterocycles. The molecule has 1 aromatic carbocycles. The number of carbonyl (C=O) groups excluding carboxylic acids is 2. The van der Waals surface area contributed by atoms with E-state index in [4.69, 9.17) is 14.2 Å². The van der Waals surface area contributed by atoms with E-state index in [2.05, 4.69) is 20.3 Å². The number of H-pyrrole nitrogens is 1. The second-order valence-electron chi connectivity index (χ2n) is 10.6. The first-order chi connectivity index (χ1) is 18.5. The monoisotopic (exact) mass is 519 g/mol. The molecule has 3 fully saturated rings. The summed E-state index contributed by atoms with van der Waals surface area (Å²) < 4.78 is 17.6. The van der Waals surface area contributed by atoms with Crippen molar-refractivity contribution >= 4 is 22.8 Å². The first-order valence-electron chi connectivity index (χ1n) is 13.2. The number of carbonyl (C=O) groups is 2. The first kappa shape index (κ1) is 23.3. The molecule has 2 aliphatic carbocycles. The van der Waals surface area contributed by atoms with Gasteiger partial charge in [-0.05, 0) is 56.6 Å². The van der Waals surface area contributed by atoms with Crippen LogP contribution in [0.2, 0.25) is 0 Å². The Hall–Kier alpha value is -3.86. The summed E-state index contributed by atoms with van der Waals surface area (Å²) in [6.07, 6.45) is 7.75. The van der Waals surface area contributed by atoms with E-state index in [1.165, 1.54) is 19.2 Å². The summed E-state index contributed by atoms with van der Waals surface area (Å²) in [4.78, 5) is 39.6. The molecule has 11 nitrogen and oxygen atoms in total. The highest BCUT2D eigenvalue weighted by molar-refractivity contribution is 6.08. The number of fused-ring (bicyclic) bond motifs is 2. The molecule has 0 atom stereocenters. The molecule has 11 heteroatoms. The van der Waals surface area contributed by atoms with Gasteiger partial charge in [-0.1, -0.05) is 0 Å². The predicted octanol–water partition coefficient (Wildman–Crippen LogP) is 2.39. The Morgan fingerprint density at radius 3 is 2.74 bits per heavy atom. The van der Waals surface area contributed by atoms with Gasteiger partial charge in [-0.2, -0.15) is 0 Å². The van der Waals surface area contributed by atoms with Crippen LogP contribution in [0.3, 0.4) is 0 Å². The highest BCUT2D eigenvalue weighted by atomic mass is 16.7. The summed E-state index contributed by atoms with van der Waals surface area (Å²) >= 11 is 0. The zero-order chi connectivity index (χ0) is 25.9. The number of hydrogen-bond acceptors (Lipinski definition) is 8. The van der Waals surface area contributed by atoms with E-state index in [-0.39, 0.29) is 24.6 Å². The Balaban J connectivity index is 1.12. The number of amides is 2. The molecule has 3 N–H and O–H groups in total. The molecule has 0 unspecified atom stereocenters. The third kappa shape index (κ3) is 4.10. The number of nitrogens with one attached hydrogen (secondary N) is 2. The zero-order valence-electron chi connectivity index (χ0n) is 20.9. The number of nitrogens with zero attached hydrogens (tertiary/aromatic N) is 3. The number of benzene rings is 1. The van der Waals surface area contributed by atoms with Crippen molar-refractivity contribution in [3.8, 4) is 28.5 Å². The summed E-state index contributed by atoms with van der Waals surface area (Å²) in [6.45, 7) is 1.77. The lowest BCUT2D eigenvalue weighted by molar-refractivity contribution is -0.143. The van der Waals surface area contributed by atoms with Gasteiger partial charge in [0.1, 0.15) is 28.9 Å². The normalized spacial score (nSPS) is 20.0. The number of hydrogen-bond donors (Lipinski definition) is 3. The zero-order valence-corrected chi connectivity index (χ0v) is 20.9. The van der Waals surface area contributed by atoms with Crippen molar-refractivity contribution in [3.63, 3.8) is 0 Å². The van der Waals surface area contributed by atoms with E-state index < -0.39 is 5.60 Å². The van der Waals surface area contributed by atoms with Gasteiger partial charge >= 0.3 is 0 Å². The van der Waals surface area contributed by atoms with Gasteiger partial charge in [0.15, 0.2) is 11.5 Å². The van der Waals surface area contributed by atoms with Crippen LogP contribution >= 0.6 is 0 Å². The lowest BCUT2D eigenvalue weighted by Gasteiger charge is -2.33. The van der Waals surface area contributed by atoms with Crippen molar-refractivity contribution in [1.29, 1.82) is 0 Å². The van der Waals surface area contributed by atoms with Crippen LogP contribution < -0.4 is 19.5 Å². The Morgan fingerprint density at radius 2 is 1.97 bits per heavy atom. The maximum atomic E-state index is 13.3. The Bertz CT molecular complexity index is 1420. The lowest BCUT2D eigenvalue weighted by atomic mass is 10.0. The molecule has 38 heavy (non-hydrogen) atoms. The second kappa shape index (κ2) is 8.87. The van der Waals surface area contributed by atoms with Crippen molar-refractivity contribution in [2.45, 2.75) is 50.2 Å². The van der Waals surface area contributed by atoms with Gasteiger partial charge in [-0.15, -0.1) is 0 Å². The van der Waals surface area contributed by atoms with Gasteiger partial charge in [0.2, 0.25) is 6.79 Å². The van der Waals surface area contributed by atoms with Gasteiger partial charge in [0, 0.05) is 25.3 Å². The maximum Gasteiger partial charge on any atom is 0.255 e. The van der Waals surface area contributed by atoms with Gasteiger partial charge in [-0.25, -0.2) is 9.97 Å². The van der Waals surface area contributed by atoms with Crippen molar-refractivity contribution in [3.05, 3.63) is 30.2 Å². The topological polar surface area (TPSA) is 139 Å². The Morgan fingerprint density at radius 1 is 1.16 bits per heavy atom. The number of aromatic amines is 1. The minimum atomic E-state index is -1.16. The number of piperidine rings is 1. The van der Waals surface area contributed by atoms with E-state index in [1.807, 2.05) is 12.1 Å². The van der Waals surface area contributed by atoms with Gasteiger partial charge < -0.3 is 34.5 Å². The van der Waals surface area contributed by atoms with E-state index in [1.54, 1.807) is 11.1 Å². The summed E-state index contributed by atoms with van der Waals surface area (Å²) in [6, 6.07) is 3.63. The van der Waals surface area contributed by atoms with Gasteiger partial charge in [0.05, 0.1) is 23.3 Å². The molecule has 1 saturated heterocycles. The van der Waals surface area contributed by atoms with E-state index in [0.717, 1.165) is 0 Å². The Labute approximate surface area is 218 Å². The molecule has 3 aromatic rings. The molecule has 0 spiro atoms. The van der Waals surface area contributed by atoms with Crippen LogP contribution in [0.15, 0.2) is 24.7 Å². The molecule has 2 amide bonds. The quantitative estimate of drug-likeness (QED) is 0.433. The fourth-order valence-corrected chi connectivity index (χ4v) is 5.21. The number of ether oxygens (including phenoxy) is 3. The molecule has 4 aliphatic rings. The minimum absolute atomic E-state index is 0.0722. The average Bonchev–Trinajstić information content (AvgIpc) is 3.81. The lowest BCUT2D eigenvalue weighted by Crippen LogP contribution is -2.49. The molecule has 0 bridgehead atoms. The summed E-state index contributed by atoms with van der Waals surface area (Å²) in [5.41, 5.74) is 1.62. The van der Waals surface area contributed by atoms with Crippen molar-refractivity contribution < 1.29 is 28.9 Å². The van der Waals surface area contributed by atoms with E-state index >= 15 is 0 Å². The second-order valence-corrected chi connectivity index (χ2v) is 10.6. The summed E-state index contributed by atoms with van der Waals surface area (Å²) in [5.74, 6) is 1.98. The summed E-state index contributed by atoms with van der Waals surface area (Å²) in [7, 11) is 0. The largest absolute Gasteiger partial charge is 0.492 e. The SMILES string of the molecule is O=C(NC1CCN(C(=O)C2(O)CC2)CC1)c1c[nH]c2c(-c3c(OCC4CC4)ccc4c3OCO4)ncnc12. The van der Waals surface area contributed by atoms with Crippen LogP contribution in [0.5, 0.6) is 17.2 Å². The maximum absolute atomic E-state index is 13.3. The third-order valence-electron chi connectivity index (χ3n) is 7.86. The molecule has 198 valence electrons. The minimum Gasteiger partial charge on any atom is -0.492 e. The molecular weight excluding hydrogens is 490 g/mol. The molecule has 2 aromatic heterocycles. The highest BCUT2D eigenvalue weighted by Crippen LogP contribution is 2.48. The first-order valence-corrected chi connectivity index (χ1v) is 13.2. The van der Waals surface area contributed by atoms with Crippen molar-refractivity contribution in [1.82, 2.24) is 25.2 Å². The fourth-order valence-electron chi connectivity index (χ4n) is 5.21. The van der Waals surface area contributed by atoms with Crippen LogP contribution in [0.1, 0.15) is 48.9 Å². The van der Waals surface area contributed by atoms with Gasteiger partial charge in [-0.3, -0.25) is 9.59 Å². The number of rotatable bonds is 7.